The van der Waals surface area contributed by atoms with Gasteiger partial charge in [-0.25, -0.2) is 4.98 Å². The van der Waals surface area contributed by atoms with Gasteiger partial charge in [-0.3, -0.25) is 4.79 Å². The van der Waals surface area contributed by atoms with Crippen molar-refractivity contribution in [2.45, 2.75) is 45.7 Å². The number of carbonyl (C=O) groups is 1. The summed E-state index contributed by atoms with van der Waals surface area (Å²) in [6, 6.07) is 8.61. The smallest absolute Gasteiger partial charge is 0.224 e. The molecule has 1 aliphatic heterocycles. The van der Waals surface area contributed by atoms with E-state index < -0.39 is 0 Å². The molecule has 2 heterocycles. The number of aryl methyl sites for hydroxylation is 2. The molecule has 3 rings (SSSR count). The first kappa shape index (κ1) is 14.8. The van der Waals surface area contributed by atoms with Gasteiger partial charge in [0.05, 0.1) is 0 Å². The number of nitrogens with zero attached hydrogens (tertiary/aromatic N) is 3. The first-order chi connectivity index (χ1) is 10.6. The molecule has 0 saturated carbocycles. The molecule has 0 aliphatic carbocycles. The van der Waals surface area contributed by atoms with Gasteiger partial charge in [-0.1, -0.05) is 24.3 Å². The fourth-order valence-electron chi connectivity index (χ4n) is 3.25. The van der Waals surface area contributed by atoms with Crippen LogP contribution in [0, 0.1) is 6.92 Å². The van der Waals surface area contributed by atoms with E-state index in [9.17, 15) is 4.79 Å². The summed E-state index contributed by atoms with van der Waals surface area (Å²) in [5.41, 5.74) is 2.68. The van der Waals surface area contributed by atoms with Gasteiger partial charge in [-0.05, 0) is 37.8 Å². The molecule has 1 aliphatic rings. The summed E-state index contributed by atoms with van der Waals surface area (Å²) in [6.45, 7) is 5.65. The molecule has 1 aromatic heterocycles. The fourth-order valence-corrected chi connectivity index (χ4v) is 3.25. The minimum absolute atomic E-state index is 0.147. The van der Waals surface area contributed by atoms with Crippen molar-refractivity contribution in [3.05, 3.63) is 53.6 Å². The second-order valence-electron chi connectivity index (χ2n) is 6.12. The van der Waals surface area contributed by atoms with Crippen LogP contribution in [0.3, 0.4) is 0 Å². The van der Waals surface area contributed by atoms with Crippen molar-refractivity contribution >= 4 is 5.91 Å². The second kappa shape index (κ2) is 6.34. The summed E-state index contributed by atoms with van der Waals surface area (Å²) >= 11 is 0. The Labute approximate surface area is 131 Å². The number of carbonyl (C=O) groups excluding carboxylic acids is 1. The van der Waals surface area contributed by atoms with Crippen LogP contribution in [0.1, 0.15) is 42.8 Å². The van der Waals surface area contributed by atoms with Gasteiger partial charge in [0, 0.05) is 37.9 Å². The molecule has 1 aromatic carbocycles. The van der Waals surface area contributed by atoms with Crippen molar-refractivity contribution in [3.8, 4) is 0 Å². The maximum absolute atomic E-state index is 12.7. The maximum Gasteiger partial charge on any atom is 0.224 e. The lowest BCUT2D eigenvalue weighted by Crippen LogP contribution is -2.32. The summed E-state index contributed by atoms with van der Waals surface area (Å²) in [5.74, 6) is 1.19. The third kappa shape index (κ3) is 3.06. The van der Waals surface area contributed by atoms with Gasteiger partial charge >= 0.3 is 0 Å². The van der Waals surface area contributed by atoms with Crippen LogP contribution in [0.4, 0.5) is 0 Å². The van der Waals surface area contributed by atoms with Crippen molar-refractivity contribution in [1.82, 2.24) is 14.5 Å². The van der Waals surface area contributed by atoms with Crippen molar-refractivity contribution < 1.29 is 4.79 Å². The molecule has 4 nitrogen and oxygen atoms in total. The summed E-state index contributed by atoms with van der Waals surface area (Å²) in [5, 5.41) is 0. The average molecular weight is 297 g/mol. The zero-order chi connectivity index (χ0) is 15.5. The molecule has 0 fully saturated rings. The van der Waals surface area contributed by atoms with Crippen molar-refractivity contribution in [1.29, 1.82) is 0 Å². The molecule has 0 bridgehead atoms. The van der Waals surface area contributed by atoms with Gasteiger partial charge < -0.3 is 9.47 Å². The van der Waals surface area contributed by atoms with Crippen LogP contribution in [0.25, 0.3) is 0 Å². The number of fused-ring (bicyclic) bond motifs is 1. The van der Waals surface area contributed by atoms with E-state index in [2.05, 4.69) is 40.7 Å². The van der Waals surface area contributed by atoms with Crippen LogP contribution in [0.2, 0.25) is 0 Å². The number of hydrogen-bond acceptors (Lipinski definition) is 2. The Bertz CT molecular complexity index is 662. The van der Waals surface area contributed by atoms with E-state index in [0.717, 1.165) is 31.8 Å². The SMILES string of the molecule is Cc1nccn1C(C)CC(=O)N1CCCc2ccccc2C1. The van der Waals surface area contributed by atoms with Gasteiger partial charge in [0.25, 0.3) is 0 Å². The number of aromatic nitrogens is 2. The highest BCUT2D eigenvalue weighted by Gasteiger charge is 2.21. The Morgan fingerprint density at radius 2 is 2.09 bits per heavy atom. The largest absolute Gasteiger partial charge is 0.338 e. The number of imidazole rings is 1. The predicted octanol–water partition coefficient (Wildman–Crippen LogP) is 3.12. The van der Waals surface area contributed by atoms with Crippen molar-refractivity contribution in [2.24, 2.45) is 0 Å². The standard InChI is InChI=1S/C18H23N3O/c1-14(21-11-9-19-15(21)2)12-18(22)20-10-5-8-16-6-3-4-7-17(16)13-20/h3-4,6-7,9,11,14H,5,8,10,12-13H2,1-2H3. The Balaban J connectivity index is 1.69. The fraction of sp³-hybridized carbons (Fsp3) is 0.444. The van der Waals surface area contributed by atoms with Gasteiger partial charge in [0.1, 0.15) is 5.82 Å². The van der Waals surface area contributed by atoms with Crippen LogP contribution >= 0.6 is 0 Å². The molecule has 116 valence electrons. The van der Waals surface area contributed by atoms with Crippen LogP contribution in [0.15, 0.2) is 36.7 Å². The first-order valence-electron chi connectivity index (χ1n) is 7.99. The van der Waals surface area contributed by atoms with Crippen molar-refractivity contribution in [2.75, 3.05) is 6.54 Å². The predicted molar refractivity (Wildman–Crippen MR) is 86.5 cm³/mol. The number of amides is 1. The molecule has 1 atom stereocenters. The maximum atomic E-state index is 12.7. The monoisotopic (exact) mass is 297 g/mol. The lowest BCUT2D eigenvalue weighted by atomic mass is 10.0. The van der Waals surface area contributed by atoms with E-state index in [1.54, 1.807) is 6.20 Å². The van der Waals surface area contributed by atoms with Gasteiger partial charge in [0.2, 0.25) is 5.91 Å². The van der Waals surface area contributed by atoms with Gasteiger partial charge in [-0.15, -0.1) is 0 Å². The highest BCUT2D eigenvalue weighted by Crippen LogP contribution is 2.21. The zero-order valence-corrected chi connectivity index (χ0v) is 13.3. The molecular formula is C18H23N3O. The Morgan fingerprint density at radius 3 is 2.82 bits per heavy atom. The first-order valence-corrected chi connectivity index (χ1v) is 7.99. The quantitative estimate of drug-likeness (QED) is 0.873. The molecule has 2 aromatic rings. The molecule has 0 radical (unpaired) electrons. The minimum Gasteiger partial charge on any atom is -0.338 e. The third-order valence-electron chi connectivity index (χ3n) is 4.51. The molecule has 0 N–H and O–H groups in total. The molecule has 1 amide bonds. The van der Waals surface area contributed by atoms with Gasteiger partial charge in [0.15, 0.2) is 0 Å². The number of rotatable bonds is 3. The molecule has 0 saturated heterocycles. The van der Waals surface area contributed by atoms with Gasteiger partial charge in [-0.2, -0.15) is 0 Å². The lowest BCUT2D eigenvalue weighted by Gasteiger charge is -2.23. The Hall–Kier alpha value is -2.10. The highest BCUT2D eigenvalue weighted by atomic mass is 16.2. The molecule has 1 unspecified atom stereocenters. The molecule has 0 spiro atoms. The topological polar surface area (TPSA) is 38.1 Å². The molecular weight excluding hydrogens is 274 g/mol. The summed E-state index contributed by atoms with van der Waals surface area (Å²) in [7, 11) is 0. The van der Waals surface area contributed by atoms with Crippen LogP contribution in [-0.2, 0) is 17.8 Å². The average Bonchev–Trinajstić information content (AvgIpc) is 2.82. The van der Waals surface area contributed by atoms with Crippen LogP contribution in [-0.4, -0.2) is 26.9 Å². The van der Waals surface area contributed by atoms with E-state index >= 15 is 0 Å². The van der Waals surface area contributed by atoms with E-state index in [0.29, 0.717) is 6.42 Å². The zero-order valence-electron chi connectivity index (χ0n) is 13.3. The molecule has 4 heteroatoms. The minimum atomic E-state index is 0.147. The summed E-state index contributed by atoms with van der Waals surface area (Å²) < 4.78 is 2.07. The Morgan fingerprint density at radius 1 is 1.32 bits per heavy atom. The normalized spacial score (nSPS) is 16.0. The summed E-state index contributed by atoms with van der Waals surface area (Å²) in [4.78, 5) is 18.9. The van der Waals surface area contributed by atoms with E-state index in [-0.39, 0.29) is 11.9 Å². The molecule has 22 heavy (non-hydrogen) atoms. The van der Waals surface area contributed by atoms with E-state index in [1.807, 2.05) is 18.0 Å². The van der Waals surface area contributed by atoms with Crippen LogP contribution in [0.5, 0.6) is 0 Å². The highest BCUT2D eigenvalue weighted by molar-refractivity contribution is 5.76. The third-order valence-corrected chi connectivity index (χ3v) is 4.51. The number of hydrogen-bond donors (Lipinski definition) is 0. The van der Waals surface area contributed by atoms with E-state index in [4.69, 9.17) is 0 Å². The van der Waals surface area contributed by atoms with E-state index in [1.165, 1.54) is 11.1 Å². The Kier molecular flexibility index (Phi) is 4.27. The summed E-state index contributed by atoms with van der Waals surface area (Å²) in [6.07, 6.45) is 6.38. The lowest BCUT2D eigenvalue weighted by molar-refractivity contribution is -0.132. The second-order valence-corrected chi connectivity index (χ2v) is 6.12. The number of benzene rings is 1. The van der Waals surface area contributed by atoms with Crippen LogP contribution < -0.4 is 0 Å². The van der Waals surface area contributed by atoms with Crippen molar-refractivity contribution in [3.63, 3.8) is 0 Å².